The van der Waals surface area contributed by atoms with Gasteiger partial charge in [0.05, 0.1) is 16.7 Å². The van der Waals surface area contributed by atoms with Crippen molar-refractivity contribution in [3.63, 3.8) is 0 Å². The number of fused-ring (bicyclic) bond motifs is 7. The van der Waals surface area contributed by atoms with Crippen LogP contribution in [0.15, 0.2) is 152 Å². The highest BCUT2D eigenvalue weighted by atomic mass is 15.0. The predicted molar refractivity (Wildman–Crippen MR) is 191 cm³/mol. The molecule has 9 rings (SSSR count). The van der Waals surface area contributed by atoms with Crippen molar-refractivity contribution in [1.82, 2.24) is 4.57 Å². The minimum atomic E-state index is -0.0430. The third kappa shape index (κ3) is 3.82. The fourth-order valence-corrected chi connectivity index (χ4v) is 7.66. The van der Waals surface area contributed by atoms with Crippen molar-refractivity contribution in [2.75, 3.05) is 5.32 Å². The fourth-order valence-electron chi connectivity index (χ4n) is 7.66. The molecule has 8 aromatic rings. The number of rotatable bonds is 4. The van der Waals surface area contributed by atoms with E-state index >= 15 is 0 Å². The SMILES string of the molecule is CC1(C)c2ccccc2-c2c(Nc3ccccc3-c3cc(-n4c5ccccc5c5ccccc54)c4ccccc4c3)cccc21. The topological polar surface area (TPSA) is 17.0 Å². The second-order valence-electron chi connectivity index (χ2n) is 12.7. The van der Waals surface area contributed by atoms with Crippen molar-refractivity contribution in [3.05, 3.63) is 163 Å². The number of hydrogen-bond acceptors (Lipinski definition) is 1. The summed E-state index contributed by atoms with van der Waals surface area (Å²) in [6.07, 6.45) is 0. The van der Waals surface area contributed by atoms with Crippen molar-refractivity contribution in [2.24, 2.45) is 0 Å². The molecule has 0 unspecified atom stereocenters. The Kier molecular flexibility index (Phi) is 5.58. The Labute approximate surface area is 263 Å². The highest BCUT2D eigenvalue weighted by molar-refractivity contribution is 6.11. The fraction of sp³-hybridized carbons (Fsp3) is 0.0698. The molecule has 0 saturated carbocycles. The summed E-state index contributed by atoms with van der Waals surface area (Å²) in [5.41, 5.74) is 13.5. The van der Waals surface area contributed by atoms with E-state index < -0.39 is 0 Å². The van der Waals surface area contributed by atoms with Gasteiger partial charge in [-0.25, -0.2) is 0 Å². The van der Waals surface area contributed by atoms with E-state index in [1.807, 2.05) is 0 Å². The quantitative estimate of drug-likeness (QED) is 0.220. The average Bonchev–Trinajstić information content (AvgIpc) is 3.54. The summed E-state index contributed by atoms with van der Waals surface area (Å²) in [7, 11) is 0. The van der Waals surface area contributed by atoms with E-state index in [0.29, 0.717) is 0 Å². The van der Waals surface area contributed by atoms with Gasteiger partial charge < -0.3 is 9.88 Å². The molecule has 1 heterocycles. The molecule has 0 aliphatic heterocycles. The van der Waals surface area contributed by atoms with E-state index in [2.05, 4.69) is 175 Å². The molecule has 1 aliphatic rings. The zero-order valence-corrected chi connectivity index (χ0v) is 25.4. The first-order valence-electron chi connectivity index (χ1n) is 15.7. The molecule has 0 fully saturated rings. The Morgan fingerprint density at radius 3 is 1.84 bits per heavy atom. The Hall–Kier alpha value is -5.60. The van der Waals surface area contributed by atoms with Crippen LogP contribution in [0.3, 0.4) is 0 Å². The van der Waals surface area contributed by atoms with Crippen LogP contribution in [-0.2, 0) is 5.41 Å². The molecule has 0 bridgehead atoms. The zero-order valence-electron chi connectivity index (χ0n) is 25.4. The molecular formula is C43H32N2. The molecule has 2 nitrogen and oxygen atoms in total. The summed E-state index contributed by atoms with van der Waals surface area (Å²) in [5.74, 6) is 0. The molecular weight excluding hydrogens is 544 g/mol. The van der Waals surface area contributed by atoms with Gasteiger partial charge in [-0.05, 0) is 64.0 Å². The maximum atomic E-state index is 3.90. The first-order valence-corrected chi connectivity index (χ1v) is 15.7. The third-order valence-electron chi connectivity index (χ3n) is 9.78. The number of nitrogens with zero attached hydrogens (tertiary/aromatic N) is 1. The second-order valence-corrected chi connectivity index (χ2v) is 12.7. The summed E-state index contributed by atoms with van der Waals surface area (Å²) >= 11 is 0. The van der Waals surface area contributed by atoms with Crippen LogP contribution >= 0.6 is 0 Å². The number of nitrogens with one attached hydrogen (secondary N) is 1. The summed E-state index contributed by atoms with van der Waals surface area (Å²) in [6.45, 7) is 4.67. The van der Waals surface area contributed by atoms with Gasteiger partial charge >= 0.3 is 0 Å². The monoisotopic (exact) mass is 576 g/mol. The van der Waals surface area contributed by atoms with E-state index in [9.17, 15) is 0 Å². The highest BCUT2D eigenvalue weighted by Crippen LogP contribution is 2.52. The largest absolute Gasteiger partial charge is 0.355 e. The van der Waals surface area contributed by atoms with Gasteiger partial charge in [0.15, 0.2) is 0 Å². The van der Waals surface area contributed by atoms with Crippen molar-refractivity contribution in [2.45, 2.75) is 19.3 Å². The first-order chi connectivity index (χ1) is 22.1. The average molecular weight is 577 g/mol. The molecule has 0 spiro atoms. The Bertz CT molecular complexity index is 2390. The normalized spacial score (nSPS) is 13.3. The van der Waals surface area contributed by atoms with Crippen LogP contribution < -0.4 is 5.32 Å². The van der Waals surface area contributed by atoms with Gasteiger partial charge in [0.25, 0.3) is 0 Å². The first kappa shape index (κ1) is 25.9. The lowest BCUT2D eigenvalue weighted by molar-refractivity contribution is 0.660. The second kappa shape index (κ2) is 9.70. The molecule has 214 valence electrons. The number of anilines is 2. The van der Waals surface area contributed by atoms with Crippen LogP contribution in [-0.4, -0.2) is 4.57 Å². The van der Waals surface area contributed by atoms with Crippen LogP contribution in [0.25, 0.3) is 60.5 Å². The lowest BCUT2D eigenvalue weighted by Crippen LogP contribution is -2.14. The molecule has 1 N–H and O–H groups in total. The minimum absolute atomic E-state index is 0.0430. The maximum Gasteiger partial charge on any atom is 0.0546 e. The van der Waals surface area contributed by atoms with Gasteiger partial charge in [-0.3, -0.25) is 0 Å². The van der Waals surface area contributed by atoms with E-state index in [1.165, 1.54) is 71.6 Å². The van der Waals surface area contributed by atoms with Crippen LogP contribution in [0.2, 0.25) is 0 Å². The maximum absolute atomic E-state index is 3.90. The van der Waals surface area contributed by atoms with E-state index in [0.717, 1.165) is 11.4 Å². The summed E-state index contributed by atoms with van der Waals surface area (Å²) in [5, 5.41) is 8.90. The predicted octanol–water partition coefficient (Wildman–Crippen LogP) is 11.7. The number of para-hydroxylation sites is 3. The zero-order chi connectivity index (χ0) is 30.1. The van der Waals surface area contributed by atoms with Gasteiger partial charge in [-0.2, -0.15) is 0 Å². The smallest absolute Gasteiger partial charge is 0.0546 e. The van der Waals surface area contributed by atoms with Crippen LogP contribution in [0.5, 0.6) is 0 Å². The van der Waals surface area contributed by atoms with Crippen molar-refractivity contribution >= 4 is 44.0 Å². The number of benzene rings is 7. The number of aromatic nitrogens is 1. The lowest BCUT2D eigenvalue weighted by Gasteiger charge is -2.22. The molecule has 7 aromatic carbocycles. The van der Waals surface area contributed by atoms with E-state index in [1.54, 1.807) is 0 Å². The van der Waals surface area contributed by atoms with Crippen molar-refractivity contribution in [3.8, 4) is 27.9 Å². The standard InChI is InChI=1S/C43H32N2/c1-43(2)35-20-9-5-19-34(35)42-36(43)21-13-23-38(42)44-37-22-10-6-15-30(37)29-26-28-14-3-4-16-31(28)41(27-29)45-39-24-11-7-17-32(39)33-18-8-12-25-40(33)45/h3-27,44H,1-2H3. The van der Waals surface area contributed by atoms with E-state index in [-0.39, 0.29) is 5.41 Å². The Balaban J connectivity index is 1.25. The van der Waals surface area contributed by atoms with Crippen LogP contribution in [0.1, 0.15) is 25.0 Å². The molecule has 0 atom stereocenters. The van der Waals surface area contributed by atoms with E-state index in [4.69, 9.17) is 0 Å². The lowest BCUT2D eigenvalue weighted by atomic mass is 9.82. The van der Waals surface area contributed by atoms with Crippen LogP contribution in [0.4, 0.5) is 11.4 Å². The molecule has 0 amide bonds. The summed E-state index contributed by atoms with van der Waals surface area (Å²) in [6, 6.07) is 55.2. The Morgan fingerprint density at radius 2 is 1.07 bits per heavy atom. The summed E-state index contributed by atoms with van der Waals surface area (Å²) < 4.78 is 2.44. The Morgan fingerprint density at radius 1 is 0.489 bits per heavy atom. The van der Waals surface area contributed by atoms with Crippen molar-refractivity contribution < 1.29 is 0 Å². The third-order valence-corrected chi connectivity index (χ3v) is 9.78. The van der Waals surface area contributed by atoms with Gasteiger partial charge in [0, 0.05) is 44.1 Å². The highest BCUT2D eigenvalue weighted by Gasteiger charge is 2.36. The molecule has 2 heteroatoms. The minimum Gasteiger partial charge on any atom is -0.355 e. The molecule has 1 aromatic heterocycles. The van der Waals surface area contributed by atoms with Crippen molar-refractivity contribution in [1.29, 1.82) is 0 Å². The molecule has 0 saturated heterocycles. The van der Waals surface area contributed by atoms with Gasteiger partial charge in [-0.1, -0.05) is 129 Å². The van der Waals surface area contributed by atoms with Gasteiger partial charge in [0.1, 0.15) is 0 Å². The number of hydrogen-bond donors (Lipinski definition) is 1. The van der Waals surface area contributed by atoms with Gasteiger partial charge in [-0.15, -0.1) is 0 Å². The molecule has 1 aliphatic carbocycles. The van der Waals surface area contributed by atoms with Crippen LogP contribution in [0, 0.1) is 0 Å². The molecule has 45 heavy (non-hydrogen) atoms. The molecule has 0 radical (unpaired) electrons. The summed E-state index contributed by atoms with van der Waals surface area (Å²) in [4.78, 5) is 0. The van der Waals surface area contributed by atoms with Gasteiger partial charge in [0.2, 0.25) is 0 Å².